The van der Waals surface area contributed by atoms with Gasteiger partial charge < -0.3 is 9.64 Å². The van der Waals surface area contributed by atoms with E-state index in [1.54, 1.807) is 12.3 Å². The van der Waals surface area contributed by atoms with E-state index in [-0.39, 0.29) is 0 Å². The van der Waals surface area contributed by atoms with Gasteiger partial charge in [-0.15, -0.1) is 0 Å². The molecule has 1 aromatic carbocycles. The maximum Gasteiger partial charge on any atom is 0.401 e. The Bertz CT molecular complexity index is 1370. The smallest absolute Gasteiger partial charge is 0.401 e. The number of anilines is 1. The van der Waals surface area contributed by atoms with Crippen LogP contribution in [0.5, 0.6) is 5.75 Å². The molecule has 0 saturated carbocycles. The van der Waals surface area contributed by atoms with Crippen molar-refractivity contribution in [3.63, 3.8) is 0 Å². The van der Waals surface area contributed by atoms with Crippen LogP contribution >= 0.6 is 23.2 Å². The number of benzene rings is 1. The van der Waals surface area contributed by atoms with Crippen LogP contribution in [0.25, 0.3) is 22.2 Å². The second kappa shape index (κ2) is 10.3. The summed E-state index contributed by atoms with van der Waals surface area (Å²) < 4.78 is 43.8. The highest BCUT2D eigenvalue weighted by atomic mass is 35.5. The number of nitrogens with zero attached hydrogens (tertiary/aromatic N) is 5. The third-order valence-electron chi connectivity index (χ3n) is 6.09. The van der Waals surface area contributed by atoms with Crippen LogP contribution in [-0.4, -0.2) is 64.0 Å². The molecule has 0 aliphatic carbocycles. The number of aromatic amines is 1. The van der Waals surface area contributed by atoms with Crippen LogP contribution in [0, 0.1) is 0 Å². The molecule has 1 saturated heterocycles. The lowest BCUT2D eigenvalue weighted by molar-refractivity contribution is -0.146. The summed E-state index contributed by atoms with van der Waals surface area (Å²) in [5.41, 5.74) is 8.88. The van der Waals surface area contributed by atoms with Gasteiger partial charge in [0, 0.05) is 61.3 Å². The molecule has 4 aromatic rings. The molecular weight excluding hydrogens is 530 g/mol. The topological polar surface area (TPSA) is 96.2 Å². The number of piperazine rings is 1. The zero-order chi connectivity index (χ0) is 26.2. The maximum absolute atomic E-state index is 12.6. The van der Waals surface area contributed by atoms with Gasteiger partial charge in [-0.05, 0) is 30.3 Å². The lowest BCUT2D eigenvalue weighted by Crippen LogP contribution is -2.49. The van der Waals surface area contributed by atoms with Gasteiger partial charge in [-0.1, -0.05) is 23.2 Å². The van der Waals surface area contributed by atoms with Crippen molar-refractivity contribution in [3.05, 3.63) is 64.5 Å². The fraction of sp³-hybridized carbons (Fsp3) is 0.292. The number of ether oxygens (including phenoxy) is 1. The summed E-state index contributed by atoms with van der Waals surface area (Å²) in [6.45, 7) is 0.709. The summed E-state index contributed by atoms with van der Waals surface area (Å²) >= 11 is 12.4. The fourth-order valence-electron chi connectivity index (χ4n) is 4.29. The first-order chi connectivity index (χ1) is 17.7. The Morgan fingerprint density at radius 3 is 2.41 bits per heavy atom. The van der Waals surface area contributed by atoms with Gasteiger partial charge in [0.1, 0.15) is 17.3 Å². The summed E-state index contributed by atoms with van der Waals surface area (Å²) in [6, 6.07) is 9.12. The number of aromatic nitrogens is 4. The van der Waals surface area contributed by atoms with Gasteiger partial charge in [-0.25, -0.2) is 4.98 Å². The van der Waals surface area contributed by atoms with Crippen LogP contribution in [0.3, 0.4) is 0 Å². The predicted molar refractivity (Wildman–Crippen MR) is 136 cm³/mol. The molecule has 0 radical (unpaired) electrons. The standard InChI is InChI=1S/C24H22Cl2F3N7O/c25-17-11-31-12-18(26)21(17)23(30)37-15-2-3-19-16(9-15)22(34-33-19)14-1-4-20(32-10-14)36-7-5-35(6-8-36)13-24(27,28)29/h1-4,9-12,23H,5-8,13,30H2,(H,33,34)/t23-/m0/s1. The largest absolute Gasteiger partial charge is 0.471 e. The summed E-state index contributed by atoms with van der Waals surface area (Å²) in [4.78, 5) is 11.8. The number of rotatable bonds is 6. The zero-order valence-corrected chi connectivity index (χ0v) is 20.9. The van der Waals surface area contributed by atoms with E-state index in [4.69, 9.17) is 33.7 Å². The van der Waals surface area contributed by atoms with Gasteiger partial charge in [-0.3, -0.25) is 20.7 Å². The molecule has 0 amide bonds. The second-order valence-electron chi connectivity index (χ2n) is 8.62. The summed E-state index contributed by atoms with van der Waals surface area (Å²) in [5.74, 6) is 1.20. The highest BCUT2D eigenvalue weighted by Crippen LogP contribution is 2.33. The highest BCUT2D eigenvalue weighted by molar-refractivity contribution is 6.35. The van der Waals surface area contributed by atoms with Gasteiger partial charge in [0.05, 0.1) is 22.1 Å². The SMILES string of the molecule is N[C@@H](Oc1ccc2[nH]nc(-c3ccc(N4CCN(CC(F)(F)F)CC4)nc3)c2c1)c1c(Cl)cncc1Cl. The molecule has 0 spiro atoms. The minimum atomic E-state index is -4.19. The molecule has 37 heavy (non-hydrogen) atoms. The van der Waals surface area contributed by atoms with Gasteiger partial charge in [-0.2, -0.15) is 18.3 Å². The average molecular weight is 552 g/mol. The summed E-state index contributed by atoms with van der Waals surface area (Å²) in [7, 11) is 0. The number of pyridine rings is 2. The Balaban J connectivity index is 1.31. The second-order valence-corrected chi connectivity index (χ2v) is 9.43. The third kappa shape index (κ3) is 5.74. The molecule has 1 aliphatic rings. The van der Waals surface area contributed by atoms with Crippen molar-refractivity contribution in [2.75, 3.05) is 37.6 Å². The molecule has 0 unspecified atom stereocenters. The summed E-state index contributed by atoms with van der Waals surface area (Å²) in [5, 5.41) is 8.83. The number of hydrogen-bond acceptors (Lipinski definition) is 7. The molecule has 1 atom stereocenters. The molecule has 1 fully saturated rings. The minimum Gasteiger partial charge on any atom is -0.471 e. The lowest BCUT2D eigenvalue weighted by Gasteiger charge is -2.35. The zero-order valence-electron chi connectivity index (χ0n) is 19.3. The number of H-pyrrole nitrogens is 1. The fourth-order valence-corrected chi connectivity index (χ4v) is 4.87. The number of hydrogen-bond donors (Lipinski definition) is 2. The van der Waals surface area contributed by atoms with Crippen LogP contribution < -0.4 is 15.4 Å². The number of fused-ring (bicyclic) bond motifs is 1. The molecule has 0 bridgehead atoms. The molecule has 5 rings (SSSR count). The van der Waals surface area contributed by atoms with Gasteiger partial charge in [0.15, 0.2) is 6.23 Å². The molecule has 3 aromatic heterocycles. The Morgan fingerprint density at radius 1 is 1.03 bits per heavy atom. The first-order valence-corrected chi connectivity index (χ1v) is 12.1. The molecule has 8 nitrogen and oxygen atoms in total. The van der Waals surface area contributed by atoms with Crippen molar-refractivity contribution in [1.29, 1.82) is 0 Å². The normalized spacial score (nSPS) is 15.8. The van der Waals surface area contributed by atoms with Crippen molar-refractivity contribution < 1.29 is 17.9 Å². The van der Waals surface area contributed by atoms with Crippen molar-refractivity contribution in [3.8, 4) is 17.0 Å². The first kappa shape index (κ1) is 25.5. The molecule has 3 N–H and O–H groups in total. The van der Waals surface area contributed by atoms with Gasteiger partial charge >= 0.3 is 6.18 Å². The highest BCUT2D eigenvalue weighted by Gasteiger charge is 2.32. The van der Waals surface area contributed by atoms with E-state index in [2.05, 4.69) is 20.2 Å². The van der Waals surface area contributed by atoms with Crippen LogP contribution in [0.4, 0.5) is 19.0 Å². The molecule has 1 aliphatic heterocycles. The number of alkyl halides is 3. The van der Waals surface area contributed by atoms with E-state index < -0.39 is 18.9 Å². The van der Waals surface area contributed by atoms with Crippen LogP contribution in [0.15, 0.2) is 48.9 Å². The van der Waals surface area contributed by atoms with Crippen molar-refractivity contribution in [1.82, 2.24) is 25.1 Å². The predicted octanol–water partition coefficient (Wildman–Crippen LogP) is 5.05. The van der Waals surface area contributed by atoms with E-state index in [1.807, 2.05) is 29.2 Å². The number of nitrogens with one attached hydrogen (secondary N) is 1. The van der Waals surface area contributed by atoms with E-state index in [1.165, 1.54) is 17.3 Å². The lowest BCUT2D eigenvalue weighted by atomic mass is 10.1. The first-order valence-electron chi connectivity index (χ1n) is 11.4. The van der Waals surface area contributed by atoms with Gasteiger partial charge in [0.25, 0.3) is 0 Å². The Morgan fingerprint density at radius 2 is 1.76 bits per heavy atom. The molecule has 194 valence electrons. The van der Waals surface area contributed by atoms with E-state index in [9.17, 15) is 13.2 Å². The third-order valence-corrected chi connectivity index (χ3v) is 6.70. The van der Waals surface area contributed by atoms with Gasteiger partial charge in [0.2, 0.25) is 0 Å². The van der Waals surface area contributed by atoms with Crippen LogP contribution in [-0.2, 0) is 0 Å². The van der Waals surface area contributed by atoms with E-state index in [0.29, 0.717) is 59.0 Å². The van der Waals surface area contributed by atoms with Crippen molar-refractivity contribution in [2.24, 2.45) is 5.73 Å². The van der Waals surface area contributed by atoms with E-state index in [0.717, 1.165) is 16.5 Å². The average Bonchev–Trinajstić information content (AvgIpc) is 3.27. The molecule has 4 heterocycles. The quantitative estimate of drug-likeness (QED) is 0.324. The monoisotopic (exact) mass is 551 g/mol. The maximum atomic E-state index is 12.6. The van der Waals surface area contributed by atoms with Crippen molar-refractivity contribution in [2.45, 2.75) is 12.4 Å². The van der Waals surface area contributed by atoms with Crippen LogP contribution in [0.2, 0.25) is 10.0 Å². The Hall–Kier alpha value is -3.12. The Kier molecular flexibility index (Phi) is 7.13. The molecular formula is C24H22Cl2F3N7O. The van der Waals surface area contributed by atoms with Crippen LogP contribution in [0.1, 0.15) is 11.8 Å². The minimum absolute atomic E-state index is 0.304. The molecule has 13 heteroatoms. The number of halogens is 5. The van der Waals surface area contributed by atoms with E-state index >= 15 is 0 Å². The Labute approximate surface area is 220 Å². The van der Waals surface area contributed by atoms with Crippen molar-refractivity contribution >= 4 is 39.9 Å². The number of nitrogens with two attached hydrogens (primary N) is 1. The summed E-state index contributed by atoms with van der Waals surface area (Å²) in [6.07, 6.45) is -0.509.